The predicted molar refractivity (Wildman–Crippen MR) is 57.0 cm³/mol. The Morgan fingerprint density at radius 2 is 2.18 bits per heavy atom. The van der Waals surface area contributed by atoms with Gasteiger partial charge in [0.1, 0.15) is 4.92 Å². The van der Waals surface area contributed by atoms with Crippen LogP contribution in [-0.4, -0.2) is 10.9 Å². The summed E-state index contributed by atoms with van der Waals surface area (Å²) in [6, 6.07) is 6.86. The molecule has 1 aliphatic rings. The van der Waals surface area contributed by atoms with Gasteiger partial charge < -0.3 is 9.47 Å². The molecule has 0 saturated heterocycles. The summed E-state index contributed by atoms with van der Waals surface area (Å²) in [7, 11) is 0. The van der Waals surface area contributed by atoms with E-state index < -0.39 is 23.1 Å². The van der Waals surface area contributed by atoms with E-state index in [9.17, 15) is 14.9 Å². The predicted octanol–water partition coefficient (Wildman–Crippen LogP) is 1.85. The lowest BCUT2D eigenvalue weighted by Gasteiger charge is -2.21. The molecule has 0 unspecified atom stereocenters. The molecule has 6 heteroatoms. The number of hydrogen-bond donors (Lipinski definition) is 0. The first-order valence-corrected chi connectivity index (χ1v) is 4.87. The number of ether oxygens (including phenoxy) is 2. The Labute approximate surface area is 96.6 Å². The molecule has 0 aromatic heterocycles. The maximum absolute atomic E-state index is 10.9. The number of fused-ring (bicyclic) bond motifs is 1. The van der Waals surface area contributed by atoms with Crippen LogP contribution in [0, 0.1) is 10.1 Å². The molecule has 17 heavy (non-hydrogen) atoms. The Kier molecular flexibility index (Phi) is 2.78. The van der Waals surface area contributed by atoms with Crippen LogP contribution in [0.15, 0.2) is 30.1 Å². The number of esters is 1. The highest BCUT2D eigenvalue weighted by atomic mass is 16.7. The molecule has 0 bridgehead atoms. The van der Waals surface area contributed by atoms with Gasteiger partial charge in [-0.25, -0.2) is 0 Å². The van der Waals surface area contributed by atoms with Gasteiger partial charge in [0.25, 0.3) is 6.29 Å². The Balaban J connectivity index is 2.42. The largest absolute Gasteiger partial charge is 0.431 e. The maximum Gasteiger partial charge on any atom is 0.431 e. The van der Waals surface area contributed by atoms with Gasteiger partial charge in [0.05, 0.1) is 6.08 Å². The van der Waals surface area contributed by atoms with Gasteiger partial charge in [-0.1, -0.05) is 24.3 Å². The van der Waals surface area contributed by atoms with Crippen molar-refractivity contribution in [2.45, 2.75) is 13.2 Å². The van der Waals surface area contributed by atoms with E-state index in [0.29, 0.717) is 11.1 Å². The van der Waals surface area contributed by atoms with E-state index in [1.807, 2.05) is 0 Å². The molecule has 1 aliphatic heterocycles. The number of carbonyl (C=O) groups excluding carboxylic acids is 1. The second-order valence-corrected chi connectivity index (χ2v) is 3.43. The van der Waals surface area contributed by atoms with Gasteiger partial charge in [0.2, 0.25) is 0 Å². The minimum Gasteiger partial charge on any atom is -0.421 e. The number of hydrogen-bond acceptors (Lipinski definition) is 5. The summed E-state index contributed by atoms with van der Waals surface area (Å²) in [4.78, 5) is 20.9. The number of rotatable bonds is 2. The summed E-state index contributed by atoms with van der Waals surface area (Å²) in [5.74, 6) is -0.996. The fraction of sp³-hybridized carbons (Fsp3) is 0.182. The normalized spacial score (nSPS) is 17.5. The standard InChI is InChI=1S/C11H9NO5/c1-7(13)16-11-9-5-3-2-4-8(9)6-10(17-11)12(14)15/h2-6,11H,1H3/t11-/m0/s1. The fourth-order valence-corrected chi connectivity index (χ4v) is 1.53. The van der Waals surface area contributed by atoms with Crippen LogP contribution in [-0.2, 0) is 14.3 Å². The molecule has 1 aromatic rings. The maximum atomic E-state index is 10.9. The minimum absolute atomic E-state index is 0.435. The quantitative estimate of drug-likeness (QED) is 0.444. The van der Waals surface area contributed by atoms with E-state index in [1.165, 1.54) is 13.0 Å². The lowest BCUT2D eigenvalue weighted by Crippen LogP contribution is -2.19. The van der Waals surface area contributed by atoms with Crippen LogP contribution in [0.5, 0.6) is 0 Å². The smallest absolute Gasteiger partial charge is 0.421 e. The molecule has 0 aliphatic carbocycles. The molecule has 0 amide bonds. The summed E-state index contributed by atoms with van der Waals surface area (Å²) >= 11 is 0. The topological polar surface area (TPSA) is 78.7 Å². The van der Waals surface area contributed by atoms with Crippen molar-refractivity contribution in [1.29, 1.82) is 0 Å². The summed E-state index contributed by atoms with van der Waals surface area (Å²) < 4.78 is 9.90. The van der Waals surface area contributed by atoms with E-state index in [0.717, 1.165) is 0 Å². The second kappa shape index (κ2) is 4.25. The lowest BCUT2D eigenvalue weighted by atomic mass is 10.1. The van der Waals surface area contributed by atoms with Crippen LogP contribution >= 0.6 is 0 Å². The van der Waals surface area contributed by atoms with Crippen molar-refractivity contribution in [1.82, 2.24) is 0 Å². The van der Waals surface area contributed by atoms with E-state index in [2.05, 4.69) is 0 Å². The molecule has 0 saturated carbocycles. The number of carbonyl (C=O) groups is 1. The Morgan fingerprint density at radius 1 is 1.47 bits per heavy atom. The van der Waals surface area contributed by atoms with Gasteiger partial charge >= 0.3 is 11.9 Å². The van der Waals surface area contributed by atoms with Gasteiger partial charge in [-0.05, 0) is 5.56 Å². The molecule has 0 spiro atoms. The first-order valence-electron chi connectivity index (χ1n) is 4.87. The molecule has 1 heterocycles. The van der Waals surface area contributed by atoms with Crippen LogP contribution in [0.25, 0.3) is 6.08 Å². The SMILES string of the molecule is CC(=O)O[C@H]1OC([N+](=O)[O-])=Cc2ccccc21. The molecular formula is C11H9NO5. The highest BCUT2D eigenvalue weighted by Crippen LogP contribution is 2.32. The van der Waals surface area contributed by atoms with Crippen molar-refractivity contribution in [3.8, 4) is 0 Å². The zero-order valence-corrected chi connectivity index (χ0v) is 8.95. The Bertz CT molecular complexity index is 508. The monoisotopic (exact) mass is 235 g/mol. The summed E-state index contributed by atoms with van der Waals surface area (Å²) in [5, 5.41) is 10.7. The van der Waals surface area contributed by atoms with Gasteiger partial charge in [0.15, 0.2) is 0 Å². The summed E-state index contributed by atoms with van der Waals surface area (Å²) in [6.07, 6.45) is 0.240. The molecule has 0 fully saturated rings. The third-order valence-electron chi connectivity index (χ3n) is 2.21. The van der Waals surface area contributed by atoms with Crippen LogP contribution in [0.4, 0.5) is 0 Å². The molecule has 88 valence electrons. The van der Waals surface area contributed by atoms with Gasteiger partial charge in [-0.3, -0.25) is 14.9 Å². The third-order valence-corrected chi connectivity index (χ3v) is 2.21. The molecule has 2 rings (SSSR count). The zero-order valence-electron chi connectivity index (χ0n) is 8.95. The highest BCUT2D eigenvalue weighted by molar-refractivity contribution is 5.67. The zero-order chi connectivity index (χ0) is 12.4. The molecule has 0 N–H and O–H groups in total. The molecular weight excluding hydrogens is 226 g/mol. The number of benzene rings is 1. The Morgan fingerprint density at radius 3 is 2.82 bits per heavy atom. The number of nitrogens with zero attached hydrogens (tertiary/aromatic N) is 1. The van der Waals surface area contributed by atoms with Crippen LogP contribution in [0.2, 0.25) is 0 Å². The van der Waals surface area contributed by atoms with Gasteiger partial charge in [-0.2, -0.15) is 0 Å². The minimum atomic E-state index is -1.06. The summed E-state index contributed by atoms with van der Waals surface area (Å²) in [6.45, 7) is 1.22. The van der Waals surface area contributed by atoms with E-state index in [4.69, 9.17) is 9.47 Å². The first kappa shape index (κ1) is 11.1. The van der Waals surface area contributed by atoms with Gasteiger partial charge in [-0.15, -0.1) is 0 Å². The van der Waals surface area contributed by atoms with Crippen molar-refractivity contribution in [2.24, 2.45) is 0 Å². The molecule has 0 radical (unpaired) electrons. The van der Waals surface area contributed by atoms with Crippen LogP contribution < -0.4 is 0 Å². The molecule has 1 aromatic carbocycles. The van der Waals surface area contributed by atoms with E-state index >= 15 is 0 Å². The molecule has 6 nitrogen and oxygen atoms in total. The van der Waals surface area contributed by atoms with Crippen molar-refractivity contribution < 1.29 is 19.2 Å². The fourth-order valence-electron chi connectivity index (χ4n) is 1.53. The lowest BCUT2D eigenvalue weighted by molar-refractivity contribution is -0.472. The second-order valence-electron chi connectivity index (χ2n) is 3.43. The van der Waals surface area contributed by atoms with Crippen molar-refractivity contribution in [2.75, 3.05) is 0 Å². The van der Waals surface area contributed by atoms with E-state index in [1.54, 1.807) is 24.3 Å². The van der Waals surface area contributed by atoms with Crippen LogP contribution in [0.3, 0.4) is 0 Å². The van der Waals surface area contributed by atoms with Crippen molar-refractivity contribution in [3.63, 3.8) is 0 Å². The van der Waals surface area contributed by atoms with Crippen molar-refractivity contribution in [3.05, 3.63) is 51.4 Å². The Hall–Kier alpha value is -2.37. The van der Waals surface area contributed by atoms with Crippen LogP contribution in [0.1, 0.15) is 24.3 Å². The highest BCUT2D eigenvalue weighted by Gasteiger charge is 2.30. The van der Waals surface area contributed by atoms with E-state index in [-0.39, 0.29) is 0 Å². The summed E-state index contributed by atoms with van der Waals surface area (Å²) in [5.41, 5.74) is 1.20. The third kappa shape index (κ3) is 2.25. The number of nitro groups is 1. The average Bonchev–Trinajstić information content (AvgIpc) is 2.28. The average molecular weight is 235 g/mol. The first-order chi connectivity index (χ1) is 8.08. The van der Waals surface area contributed by atoms with Gasteiger partial charge in [0, 0.05) is 12.5 Å². The van der Waals surface area contributed by atoms with Crippen molar-refractivity contribution >= 4 is 12.0 Å². The molecule has 1 atom stereocenters.